The monoisotopic (exact) mass is 324 g/mol. The van der Waals surface area contributed by atoms with E-state index < -0.39 is 11.8 Å². The van der Waals surface area contributed by atoms with Gasteiger partial charge in [0.25, 0.3) is 0 Å². The third-order valence-corrected chi connectivity index (χ3v) is 3.77. The predicted octanol–water partition coefficient (Wildman–Crippen LogP) is 2.48. The van der Waals surface area contributed by atoms with Crippen molar-refractivity contribution in [2.45, 2.75) is 25.7 Å². The number of unbranched alkanes of at least 4 members (excludes halogenated alkanes) is 1. The van der Waals surface area contributed by atoms with E-state index in [0.29, 0.717) is 13.1 Å². The molecule has 2 aromatic rings. The number of hydrogen-bond donors (Lipinski definition) is 2. The summed E-state index contributed by atoms with van der Waals surface area (Å²) in [6, 6.07) is 20.1. The third-order valence-electron chi connectivity index (χ3n) is 3.77. The van der Waals surface area contributed by atoms with Gasteiger partial charge in [-0.05, 0) is 36.8 Å². The van der Waals surface area contributed by atoms with Crippen LogP contribution in [-0.2, 0) is 22.4 Å². The highest BCUT2D eigenvalue weighted by Crippen LogP contribution is 2.03. The van der Waals surface area contributed by atoms with E-state index in [0.717, 1.165) is 31.2 Å². The molecule has 0 unspecified atom stereocenters. The van der Waals surface area contributed by atoms with E-state index in [9.17, 15) is 9.59 Å². The van der Waals surface area contributed by atoms with Crippen LogP contribution in [0, 0.1) is 0 Å². The zero-order chi connectivity index (χ0) is 17.0. The highest BCUT2D eigenvalue weighted by molar-refractivity contribution is 6.35. The summed E-state index contributed by atoms with van der Waals surface area (Å²) in [5, 5.41) is 5.31. The van der Waals surface area contributed by atoms with Crippen molar-refractivity contribution in [2.24, 2.45) is 0 Å². The summed E-state index contributed by atoms with van der Waals surface area (Å²) < 4.78 is 0. The van der Waals surface area contributed by atoms with Crippen LogP contribution in [-0.4, -0.2) is 24.9 Å². The van der Waals surface area contributed by atoms with Crippen molar-refractivity contribution < 1.29 is 9.59 Å². The first kappa shape index (κ1) is 17.7. The van der Waals surface area contributed by atoms with Crippen molar-refractivity contribution in [3.63, 3.8) is 0 Å². The molecule has 2 N–H and O–H groups in total. The summed E-state index contributed by atoms with van der Waals surface area (Å²) in [6.45, 7) is 0.988. The van der Waals surface area contributed by atoms with E-state index in [1.165, 1.54) is 5.56 Å². The van der Waals surface area contributed by atoms with Crippen molar-refractivity contribution in [3.8, 4) is 0 Å². The van der Waals surface area contributed by atoms with Crippen LogP contribution in [0.15, 0.2) is 60.7 Å². The van der Waals surface area contributed by atoms with Crippen molar-refractivity contribution in [1.82, 2.24) is 10.6 Å². The number of aryl methyl sites for hydroxylation is 1. The first-order valence-electron chi connectivity index (χ1n) is 8.39. The van der Waals surface area contributed by atoms with Crippen molar-refractivity contribution >= 4 is 11.8 Å². The normalized spacial score (nSPS) is 10.2. The fraction of sp³-hybridized carbons (Fsp3) is 0.300. The molecule has 0 fully saturated rings. The van der Waals surface area contributed by atoms with Gasteiger partial charge in [-0.3, -0.25) is 9.59 Å². The summed E-state index contributed by atoms with van der Waals surface area (Å²) in [6.07, 6.45) is 3.55. The summed E-state index contributed by atoms with van der Waals surface area (Å²) >= 11 is 0. The van der Waals surface area contributed by atoms with E-state index in [1.54, 1.807) is 0 Å². The molecule has 4 heteroatoms. The zero-order valence-electron chi connectivity index (χ0n) is 13.8. The molecule has 0 heterocycles. The number of carbonyl (C=O) groups excluding carboxylic acids is 2. The molecule has 0 atom stereocenters. The lowest BCUT2D eigenvalue weighted by atomic mass is 10.1. The Morgan fingerprint density at radius 2 is 1.12 bits per heavy atom. The van der Waals surface area contributed by atoms with Gasteiger partial charge >= 0.3 is 11.8 Å². The van der Waals surface area contributed by atoms with Crippen LogP contribution < -0.4 is 10.6 Å². The summed E-state index contributed by atoms with van der Waals surface area (Å²) in [5.74, 6) is -1.11. The quantitative estimate of drug-likeness (QED) is 0.579. The van der Waals surface area contributed by atoms with Gasteiger partial charge in [0.15, 0.2) is 0 Å². The Kier molecular flexibility index (Phi) is 7.54. The summed E-state index contributed by atoms with van der Waals surface area (Å²) in [7, 11) is 0. The van der Waals surface area contributed by atoms with Gasteiger partial charge in [-0.25, -0.2) is 0 Å². The van der Waals surface area contributed by atoms with Crippen molar-refractivity contribution in [3.05, 3.63) is 71.8 Å². The maximum absolute atomic E-state index is 11.7. The molecular weight excluding hydrogens is 300 g/mol. The van der Waals surface area contributed by atoms with Gasteiger partial charge in [0.05, 0.1) is 0 Å². The van der Waals surface area contributed by atoms with Crippen LogP contribution in [0.4, 0.5) is 0 Å². The van der Waals surface area contributed by atoms with Crippen LogP contribution in [0.25, 0.3) is 0 Å². The maximum atomic E-state index is 11.7. The van der Waals surface area contributed by atoms with E-state index in [2.05, 4.69) is 22.8 Å². The van der Waals surface area contributed by atoms with E-state index in [-0.39, 0.29) is 0 Å². The molecule has 0 radical (unpaired) electrons. The van der Waals surface area contributed by atoms with Gasteiger partial charge in [-0.15, -0.1) is 0 Å². The van der Waals surface area contributed by atoms with E-state index >= 15 is 0 Å². The second-order valence-corrected chi connectivity index (χ2v) is 5.69. The Hall–Kier alpha value is -2.62. The van der Waals surface area contributed by atoms with Gasteiger partial charge < -0.3 is 10.6 Å². The average Bonchev–Trinajstić information content (AvgIpc) is 2.63. The molecular formula is C20H24N2O2. The lowest BCUT2D eigenvalue weighted by molar-refractivity contribution is -0.139. The molecule has 2 aromatic carbocycles. The molecule has 0 aliphatic carbocycles. The van der Waals surface area contributed by atoms with Crippen LogP contribution in [0.1, 0.15) is 24.0 Å². The largest absolute Gasteiger partial charge is 0.348 e. The first-order chi connectivity index (χ1) is 11.8. The third kappa shape index (κ3) is 6.65. The second kappa shape index (κ2) is 10.2. The number of nitrogens with one attached hydrogen (secondary N) is 2. The Morgan fingerprint density at radius 1 is 0.625 bits per heavy atom. The Bertz CT molecular complexity index is 627. The average molecular weight is 324 g/mol. The second-order valence-electron chi connectivity index (χ2n) is 5.69. The van der Waals surface area contributed by atoms with E-state index in [4.69, 9.17) is 0 Å². The van der Waals surface area contributed by atoms with Crippen molar-refractivity contribution in [1.29, 1.82) is 0 Å². The Balaban J connectivity index is 1.54. The minimum atomic E-state index is -0.561. The predicted molar refractivity (Wildman–Crippen MR) is 95.5 cm³/mol. The van der Waals surface area contributed by atoms with Gasteiger partial charge in [-0.2, -0.15) is 0 Å². The fourth-order valence-corrected chi connectivity index (χ4v) is 2.43. The zero-order valence-corrected chi connectivity index (χ0v) is 13.8. The number of rotatable bonds is 8. The highest BCUT2D eigenvalue weighted by atomic mass is 16.2. The van der Waals surface area contributed by atoms with Gasteiger partial charge in [0, 0.05) is 13.1 Å². The van der Waals surface area contributed by atoms with Crippen molar-refractivity contribution in [2.75, 3.05) is 13.1 Å². The molecule has 0 aliphatic heterocycles. The maximum Gasteiger partial charge on any atom is 0.309 e. The molecule has 126 valence electrons. The van der Waals surface area contributed by atoms with Crippen LogP contribution in [0.2, 0.25) is 0 Å². The van der Waals surface area contributed by atoms with E-state index in [1.807, 2.05) is 48.5 Å². The summed E-state index contributed by atoms with van der Waals surface area (Å²) in [5.41, 5.74) is 2.43. The number of carbonyl (C=O) groups is 2. The lowest BCUT2D eigenvalue weighted by Gasteiger charge is -2.07. The molecule has 0 saturated heterocycles. The molecule has 0 bridgehead atoms. The highest BCUT2D eigenvalue weighted by Gasteiger charge is 2.11. The Labute approximate surface area is 143 Å². The smallest absolute Gasteiger partial charge is 0.309 e. The molecule has 2 amide bonds. The molecule has 24 heavy (non-hydrogen) atoms. The summed E-state index contributed by atoms with van der Waals surface area (Å²) in [4.78, 5) is 23.4. The molecule has 0 spiro atoms. The van der Waals surface area contributed by atoms with Gasteiger partial charge in [0.2, 0.25) is 0 Å². The number of benzene rings is 2. The van der Waals surface area contributed by atoms with Crippen LogP contribution in [0.5, 0.6) is 0 Å². The number of amides is 2. The first-order valence-corrected chi connectivity index (χ1v) is 8.39. The standard InChI is InChI=1S/C20H24N2O2/c23-19(20(24)22-16-14-18-11-5-2-6-12-18)21-15-8-7-13-17-9-3-1-4-10-17/h1-6,9-12H,7-8,13-16H2,(H,21,23)(H,22,24). The minimum Gasteiger partial charge on any atom is -0.348 e. The molecule has 4 nitrogen and oxygen atoms in total. The fourth-order valence-electron chi connectivity index (χ4n) is 2.43. The molecule has 2 rings (SSSR count). The lowest BCUT2D eigenvalue weighted by Crippen LogP contribution is -2.41. The molecule has 0 saturated carbocycles. The topological polar surface area (TPSA) is 58.2 Å². The van der Waals surface area contributed by atoms with Crippen LogP contribution >= 0.6 is 0 Å². The SMILES string of the molecule is O=C(NCCCCc1ccccc1)C(=O)NCCc1ccccc1. The van der Waals surface area contributed by atoms with Gasteiger partial charge in [-0.1, -0.05) is 60.7 Å². The minimum absolute atomic E-state index is 0.463. The molecule has 0 aliphatic rings. The van der Waals surface area contributed by atoms with Crippen LogP contribution in [0.3, 0.4) is 0 Å². The molecule has 0 aromatic heterocycles. The number of hydrogen-bond acceptors (Lipinski definition) is 2. The Morgan fingerprint density at radius 3 is 1.71 bits per heavy atom. The van der Waals surface area contributed by atoms with Gasteiger partial charge in [0.1, 0.15) is 0 Å².